The molecule has 72 heavy (non-hydrogen) atoms. The van der Waals surface area contributed by atoms with Crippen LogP contribution in [-0.2, 0) is 35.6 Å². The lowest BCUT2D eigenvalue weighted by molar-refractivity contribution is -0.385. The van der Waals surface area contributed by atoms with Gasteiger partial charge in [-0.05, 0) is 29.2 Å². The van der Waals surface area contributed by atoms with Gasteiger partial charge in [0, 0.05) is 49.2 Å². The first kappa shape index (κ1) is 51.8. The molecule has 0 bridgehead atoms. The minimum atomic E-state index is -0.973. The Morgan fingerprint density at radius 1 is 0.569 bits per heavy atom. The largest absolute Gasteiger partial charge is 0.493 e. The van der Waals surface area contributed by atoms with Crippen LogP contribution in [0.3, 0.4) is 0 Å². The Balaban J connectivity index is 0.000000232. The summed E-state index contributed by atoms with van der Waals surface area (Å²) in [5.41, 5.74) is 0.712. The molecule has 6 aromatic carbocycles. The van der Waals surface area contributed by atoms with Gasteiger partial charge in [-0.25, -0.2) is 0 Å². The summed E-state index contributed by atoms with van der Waals surface area (Å²) in [6.07, 6.45) is 0.799. The molecule has 0 aliphatic carbocycles. The van der Waals surface area contributed by atoms with E-state index in [9.17, 15) is 59.6 Å². The van der Waals surface area contributed by atoms with E-state index in [0.717, 1.165) is 33.1 Å². The Kier molecular flexibility index (Phi) is 16.0. The van der Waals surface area contributed by atoms with E-state index in [0.29, 0.717) is 17.4 Å². The molecule has 2 atom stereocenters. The van der Waals surface area contributed by atoms with E-state index in [2.05, 4.69) is 0 Å². The molecule has 22 nitrogen and oxygen atoms in total. The molecule has 2 heterocycles. The third kappa shape index (κ3) is 10.8. The summed E-state index contributed by atoms with van der Waals surface area (Å²) in [7, 11) is 2.66. The third-order valence-electron chi connectivity index (χ3n) is 11.5. The predicted molar refractivity (Wildman–Crippen MR) is 259 cm³/mol. The summed E-state index contributed by atoms with van der Waals surface area (Å²) in [5.74, 6) is -1.79. The summed E-state index contributed by atoms with van der Waals surface area (Å²) in [4.78, 5) is 97.2. The van der Waals surface area contributed by atoms with Crippen molar-refractivity contribution in [3.63, 3.8) is 0 Å². The number of anilines is 2. The maximum atomic E-state index is 13.7. The monoisotopic (exact) mass is 984 g/mol. The second kappa shape index (κ2) is 22.2. The van der Waals surface area contributed by atoms with Crippen LogP contribution in [0.1, 0.15) is 57.3 Å². The first-order valence-corrected chi connectivity index (χ1v) is 21.3. The predicted octanol–water partition coefficient (Wildman–Crippen LogP) is 8.75. The molecular weight excluding hydrogens is 941 g/mol. The van der Waals surface area contributed by atoms with Gasteiger partial charge < -0.3 is 23.7 Å². The highest BCUT2D eigenvalue weighted by atomic mass is 16.6. The first-order valence-electron chi connectivity index (χ1n) is 21.3. The van der Waals surface area contributed by atoms with Crippen LogP contribution in [0.25, 0.3) is 0 Å². The molecule has 2 aliphatic rings. The zero-order valence-corrected chi connectivity index (χ0v) is 37.8. The van der Waals surface area contributed by atoms with Gasteiger partial charge in [0.25, 0.3) is 34.6 Å². The van der Waals surface area contributed by atoms with Crippen molar-refractivity contribution in [1.82, 2.24) is 0 Å². The SMILES string of the molecule is C.COc1cc(C(=O)N2c3cc([N+](=O)[O-])ccc3CC2C(C)=O)c([N+](=O)[O-])cc1OCc1ccccc1.COc1cc(C(=O)N2c3cc([N+](=O)[O-])ccc3CC2C=O)c([N+](=O)[O-])cc1OCc1ccccc1. The van der Waals surface area contributed by atoms with Gasteiger partial charge in [-0.1, -0.05) is 80.2 Å². The Morgan fingerprint density at radius 2 is 0.986 bits per heavy atom. The van der Waals surface area contributed by atoms with Crippen molar-refractivity contribution in [3.05, 3.63) is 195 Å². The van der Waals surface area contributed by atoms with Gasteiger partial charge in [-0.3, -0.25) is 64.6 Å². The zero-order chi connectivity index (χ0) is 51.1. The Bertz CT molecular complexity index is 3110. The molecule has 0 fully saturated rings. The number of nitro benzene ring substituents is 4. The number of nitro groups is 4. The number of methoxy groups -OCH3 is 2. The fraction of sp³-hybridized carbons (Fsp3) is 0.200. The molecule has 0 spiro atoms. The van der Waals surface area contributed by atoms with Crippen molar-refractivity contribution in [3.8, 4) is 23.0 Å². The van der Waals surface area contributed by atoms with Crippen LogP contribution in [0.15, 0.2) is 121 Å². The summed E-state index contributed by atoms with van der Waals surface area (Å²) in [6.45, 7) is 1.51. The van der Waals surface area contributed by atoms with Crippen LogP contribution < -0.4 is 28.7 Å². The lowest BCUT2D eigenvalue weighted by Gasteiger charge is -2.24. The topological polar surface area (TPSA) is 284 Å². The molecule has 2 unspecified atom stereocenters. The second-order valence-corrected chi connectivity index (χ2v) is 15.8. The van der Waals surface area contributed by atoms with E-state index >= 15 is 0 Å². The second-order valence-electron chi connectivity index (χ2n) is 15.8. The Hall–Kier alpha value is -9.60. The van der Waals surface area contributed by atoms with Gasteiger partial charge in [0.2, 0.25) is 0 Å². The van der Waals surface area contributed by atoms with E-state index in [1.165, 1.54) is 69.7 Å². The number of ether oxygens (including phenoxy) is 4. The molecule has 0 saturated heterocycles. The number of ketones is 1. The van der Waals surface area contributed by atoms with Crippen LogP contribution in [0, 0.1) is 40.5 Å². The van der Waals surface area contributed by atoms with Crippen LogP contribution in [0.2, 0.25) is 0 Å². The lowest BCUT2D eigenvalue weighted by Crippen LogP contribution is -2.42. The number of hydrogen-bond acceptors (Lipinski definition) is 16. The van der Waals surface area contributed by atoms with E-state index < -0.39 is 55.0 Å². The molecule has 370 valence electrons. The highest BCUT2D eigenvalue weighted by Crippen LogP contribution is 2.42. The third-order valence-corrected chi connectivity index (χ3v) is 11.5. The number of rotatable bonds is 16. The number of carbonyl (C=O) groups excluding carboxylic acids is 4. The molecule has 8 rings (SSSR count). The van der Waals surface area contributed by atoms with Gasteiger partial charge in [0.05, 0.1) is 69.5 Å². The highest BCUT2D eigenvalue weighted by molar-refractivity contribution is 6.14. The van der Waals surface area contributed by atoms with Gasteiger partial charge in [0.1, 0.15) is 30.6 Å². The fourth-order valence-corrected chi connectivity index (χ4v) is 8.05. The van der Waals surface area contributed by atoms with Crippen molar-refractivity contribution < 1.29 is 57.8 Å². The molecule has 2 amide bonds. The minimum Gasteiger partial charge on any atom is -0.493 e. The number of nitrogens with zero attached hydrogens (tertiary/aromatic N) is 6. The number of benzene rings is 6. The van der Waals surface area contributed by atoms with Gasteiger partial charge >= 0.3 is 0 Å². The summed E-state index contributed by atoms with van der Waals surface area (Å²) < 4.78 is 22.1. The number of hydrogen-bond donors (Lipinski definition) is 0. The molecule has 2 aliphatic heterocycles. The number of Topliss-reactive ketones (excluding diaryl/α,β-unsaturated/α-hetero) is 1. The number of aldehydes is 1. The molecule has 0 aromatic heterocycles. The average Bonchev–Trinajstić information content (AvgIpc) is 3.95. The zero-order valence-electron chi connectivity index (χ0n) is 37.8. The van der Waals surface area contributed by atoms with E-state index in [-0.39, 0.29) is 96.1 Å². The highest BCUT2D eigenvalue weighted by Gasteiger charge is 2.41. The van der Waals surface area contributed by atoms with Crippen molar-refractivity contribution >= 4 is 58.0 Å². The Labute approximate surface area is 409 Å². The van der Waals surface area contributed by atoms with E-state index in [4.69, 9.17) is 18.9 Å². The number of fused-ring (bicyclic) bond motifs is 2. The van der Waals surface area contributed by atoms with Crippen molar-refractivity contribution in [2.24, 2.45) is 0 Å². The standard InChI is InChI=1S/C25H21N3O8.C24H19N3O8.CH4/c1-15(29)20-10-17-8-9-18(27(31)32)11-21(17)26(20)25(30)19-12-23(35-2)24(13-22(19)28(33)34)36-14-16-6-4-3-5-7-16;1-34-22-11-19(21(27(32)33)12-23(22)35-14-15-5-3-2-4-6-15)24(29)25-18(13-28)9-16-7-8-17(26(30)31)10-20(16)25;/h3-9,11-13,20H,10,14H2,1-2H3;2-8,10-13,18H,9,14H2,1H3;1H4. The summed E-state index contributed by atoms with van der Waals surface area (Å²) >= 11 is 0. The molecule has 22 heteroatoms. The molecule has 0 saturated carbocycles. The first-order chi connectivity index (χ1) is 34.0. The molecule has 0 radical (unpaired) electrons. The van der Waals surface area contributed by atoms with E-state index in [1.807, 2.05) is 60.7 Å². The quantitative estimate of drug-likeness (QED) is 0.0497. The van der Waals surface area contributed by atoms with E-state index in [1.54, 1.807) is 0 Å². The maximum Gasteiger partial charge on any atom is 0.286 e. The van der Waals surface area contributed by atoms with Crippen LogP contribution in [-0.4, -0.2) is 69.9 Å². The average molecular weight is 985 g/mol. The maximum absolute atomic E-state index is 13.7. The van der Waals surface area contributed by atoms with Gasteiger partial charge in [-0.2, -0.15) is 0 Å². The van der Waals surface area contributed by atoms with Crippen LogP contribution in [0.4, 0.5) is 34.1 Å². The number of amides is 2. The van der Waals surface area contributed by atoms with Crippen molar-refractivity contribution in [1.29, 1.82) is 0 Å². The molecular formula is C50H44N6O16. The normalized spacial score (nSPS) is 14.0. The van der Waals surface area contributed by atoms with Crippen LogP contribution in [0.5, 0.6) is 23.0 Å². The number of non-ortho nitro benzene ring substituents is 2. The Morgan fingerprint density at radius 3 is 1.38 bits per heavy atom. The van der Waals surface area contributed by atoms with Crippen molar-refractivity contribution in [2.45, 2.75) is 52.5 Å². The lowest BCUT2D eigenvalue weighted by atomic mass is 10.1. The summed E-state index contributed by atoms with van der Waals surface area (Å²) in [6, 6.07) is 28.8. The number of carbonyl (C=O) groups is 4. The minimum absolute atomic E-state index is 0. The van der Waals surface area contributed by atoms with Gasteiger partial charge in [0.15, 0.2) is 28.8 Å². The van der Waals surface area contributed by atoms with Gasteiger partial charge in [-0.15, -0.1) is 0 Å². The smallest absolute Gasteiger partial charge is 0.286 e. The van der Waals surface area contributed by atoms with Crippen molar-refractivity contribution in [2.75, 3.05) is 24.0 Å². The van der Waals surface area contributed by atoms with Crippen LogP contribution >= 0.6 is 0 Å². The molecule has 6 aromatic rings. The summed E-state index contributed by atoms with van der Waals surface area (Å²) in [5, 5.41) is 46.4. The molecule has 0 N–H and O–H groups in total. The fourth-order valence-electron chi connectivity index (χ4n) is 8.05.